The Morgan fingerprint density at radius 2 is 2.03 bits per heavy atom. The van der Waals surface area contributed by atoms with Crippen molar-refractivity contribution in [1.82, 2.24) is 24.7 Å². The third kappa shape index (κ3) is 4.81. The number of carbonyl (C=O) groups excluding carboxylic acids is 1. The van der Waals surface area contributed by atoms with Crippen LogP contribution in [0.4, 0.5) is 11.6 Å². The average Bonchev–Trinajstić information content (AvgIpc) is 3.42. The molecule has 0 aliphatic rings. The summed E-state index contributed by atoms with van der Waals surface area (Å²) in [6, 6.07) is 8.76. The van der Waals surface area contributed by atoms with E-state index < -0.39 is 10.8 Å². The number of aryl methyl sites for hydroxylation is 2. The van der Waals surface area contributed by atoms with Crippen molar-refractivity contribution in [2.45, 2.75) is 26.9 Å². The van der Waals surface area contributed by atoms with Crippen molar-refractivity contribution in [3.8, 4) is 0 Å². The highest BCUT2D eigenvalue weighted by Crippen LogP contribution is 2.24. The summed E-state index contributed by atoms with van der Waals surface area (Å²) in [4.78, 5) is 23.4. The summed E-state index contributed by atoms with van der Waals surface area (Å²) >= 11 is 9.62. The Balaban J connectivity index is 1.54. The van der Waals surface area contributed by atoms with Crippen LogP contribution in [0.3, 0.4) is 0 Å². The number of carbonyl (C=O) groups is 1. The van der Waals surface area contributed by atoms with Crippen molar-refractivity contribution in [2.24, 2.45) is 0 Å². The van der Waals surface area contributed by atoms with Gasteiger partial charge in [0.25, 0.3) is 5.91 Å². The summed E-state index contributed by atoms with van der Waals surface area (Å²) in [6.45, 7) is 3.84. The van der Waals surface area contributed by atoms with E-state index in [-0.39, 0.29) is 18.1 Å². The average molecular weight is 535 g/mol. The van der Waals surface area contributed by atoms with Crippen LogP contribution in [0, 0.1) is 24.0 Å². The summed E-state index contributed by atoms with van der Waals surface area (Å²) in [5, 5.41) is 26.5. The molecule has 1 amide bonds. The highest BCUT2D eigenvalue weighted by molar-refractivity contribution is 9.10. The number of rotatable bonds is 7. The van der Waals surface area contributed by atoms with E-state index in [4.69, 9.17) is 16.1 Å². The van der Waals surface area contributed by atoms with Crippen molar-refractivity contribution in [3.63, 3.8) is 0 Å². The minimum absolute atomic E-state index is 0.0395. The fourth-order valence-corrected chi connectivity index (χ4v) is 3.79. The molecular formula is C20H17BrClN7O4. The molecule has 3 heterocycles. The van der Waals surface area contributed by atoms with Crippen LogP contribution in [-0.4, -0.2) is 35.5 Å². The van der Waals surface area contributed by atoms with Gasteiger partial charge >= 0.3 is 5.82 Å². The van der Waals surface area contributed by atoms with Crippen molar-refractivity contribution < 1.29 is 14.2 Å². The Labute approximate surface area is 200 Å². The number of amides is 1. The van der Waals surface area contributed by atoms with E-state index in [1.165, 1.54) is 10.7 Å². The molecule has 3 aromatic heterocycles. The van der Waals surface area contributed by atoms with Crippen molar-refractivity contribution in [3.05, 3.63) is 84.4 Å². The van der Waals surface area contributed by atoms with Gasteiger partial charge in [0, 0.05) is 11.2 Å². The van der Waals surface area contributed by atoms with Gasteiger partial charge in [0.15, 0.2) is 11.5 Å². The summed E-state index contributed by atoms with van der Waals surface area (Å²) in [6.07, 6.45) is 1.72. The maximum atomic E-state index is 12.9. The van der Waals surface area contributed by atoms with Gasteiger partial charge in [-0.3, -0.25) is 9.48 Å². The molecule has 0 unspecified atom stereocenters. The topological polar surface area (TPSA) is 134 Å². The smallest absolute Gasteiger partial charge is 0.361 e. The molecule has 4 aromatic rings. The standard InChI is InChI=1S/C20H17BrClN7O4/c1-11-7-17(29(31)32)24-28(11)9-14-12(2)33-26-18(14)20(30)23-19-15(21)10-27(25-19)8-13-5-3-4-6-16(13)22/h3-7,10H,8-9H2,1-2H3,(H,23,25,30). The molecule has 11 nitrogen and oxygen atoms in total. The summed E-state index contributed by atoms with van der Waals surface area (Å²) in [7, 11) is 0. The zero-order valence-corrected chi connectivity index (χ0v) is 19.8. The van der Waals surface area contributed by atoms with E-state index in [1.807, 2.05) is 18.2 Å². The zero-order valence-electron chi connectivity index (χ0n) is 17.5. The van der Waals surface area contributed by atoms with Crippen LogP contribution in [0.25, 0.3) is 0 Å². The normalized spacial score (nSPS) is 11.0. The molecule has 0 saturated carbocycles. The first kappa shape index (κ1) is 22.7. The number of nitrogens with one attached hydrogen (secondary N) is 1. The van der Waals surface area contributed by atoms with Crippen molar-refractivity contribution >= 4 is 45.1 Å². The van der Waals surface area contributed by atoms with Gasteiger partial charge in [-0.2, -0.15) is 9.78 Å². The summed E-state index contributed by atoms with van der Waals surface area (Å²) in [5.41, 5.74) is 1.94. The van der Waals surface area contributed by atoms with E-state index in [0.29, 0.717) is 38.9 Å². The van der Waals surface area contributed by atoms with Crippen LogP contribution >= 0.6 is 27.5 Å². The Morgan fingerprint density at radius 1 is 1.27 bits per heavy atom. The lowest BCUT2D eigenvalue weighted by atomic mass is 10.2. The molecule has 4 rings (SSSR count). The molecule has 0 saturated heterocycles. The van der Waals surface area contributed by atoms with Crippen LogP contribution in [-0.2, 0) is 13.1 Å². The van der Waals surface area contributed by atoms with Gasteiger partial charge < -0.3 is 20.0 Å². The Hall–Kier alpha value is -3.51. The number of benzene rings is 1. The molecule has 0 atom stereocenters. The molecule has 1 N–H and O–H groups in total. The van der Waals surface area contributed by atoms with Crippen LogP contribution in [0.5, 0.6) is 0 Å². The number of anilines is 1. The van der Waals surface area contributed by atoms with Gasteiger partial charge in [-0.1, -0.05) is 35.0 Å². The predicted octanol–water partition coefficient (Wildman–Crippen LogP) is 4.36. The highest BCUT2D eigenvalue weighted by Gasteiger charge is 2.25. The van der Waals surface area contributed by atoms with Gasteiger partial charge in [-0.25, -0.2) is 0 Å². The van der Waals surface area contributed by atoms with Gasteiger partial charge in [0.05, 0.1) is 40.0 Å². The maximum Gasteiger partial charge on any atom is 0.390 e. The van der Waals surface area contributed by atoms with Gasteiger partial charge in [-0.15, -0.1) is 0 Å². The van der Waals surface area contributed by atoms with Crippen LogP contribution < -0.4 is 5.32 Å². The molecule has 0 spiro atoms. The minimum Gasteiger partial charge on any atom is -0.361 e. The molecule has 0 aliphatic carbocycles. The molecule has 1 aromatic carbocycles. The third-order valence-corrected chi connectivity index (χ3v) is 5.85. The lowest BCUT2D eigenvalue weighted by Crippen LogP contribution is -2.17. The van der Waals surface area contributed by atoms with Crippen LogP contribution in [0.15, 0.2) is 45.5 Å². The van der Waals surface area contributed by atoms with Gasteiger partial charge in [-0.05, 0) is 46.3 Å². The zero-order chi connectivity index (χ0) is 23.7. The lowest BCUT2D eigenvalue weighted by Gasteiger charge is -2.05. The summed E-state index contributed by atoms with van der Waals surface area (Å²) < 4.78 is 8.84. The van der Waals surface area contributed by atoms with Crippen molar-refractivity contribution in [1.29, 1.82) is 0 Å². The number of aromatic nitrogens is 5. The molecule has 0 fully saturated rings. The van der Waals surface area contributed by atoms with E-state index in [2.05, 4.69) is 36.6 Å². The number of nitrogens with zero attached hydrogens (tertiary/aromatic N) is 6. The second-order valence-electron chi connectivity index (χ2n) is 7.19. The highest BCUT2D eigenvalue weighted by atomic mass is 79.9. The third-order valence-electron chi connectivity index (χ3n) is 4.90. The minimum atomic E-state index is -0.575. The molecule has 33 heavy (non-hydrogen) atoms. The predicted molar refractivity (Wildman–Crippen MR) is 122 cm³/mol. The molecule has 0 radical (unpaired) electrons. The van der Waals surface area contributed by atoms with Crippen molar-refractivity contribution in [2.75, 3.05) is 5.32 Å². The molecule has 170 valence electrons. The number of hydrogen-bond donors (Lipinski definition) is 1. The Morgan fingerprint density at radius 3 is 2.73 bits per heavy atom. The second kappa shape index (κ2) is 9.16. The van der Waals surface area contributed by atoms with Gasteiger partial charge in [0.1, 0.15) is 5.76 Å². The first-order valence-corrected chi connectivity index (χ1v) is 10.8. The quantitative estimate of drug-likeness (QED) is 0.275. The first-order chi connectivity index (χ1) is 15.7. The van der Waals surface area contributed by atoms with E-state index in [1.54, 1.807) is 30.8 Å². The summed E-state index contributed by atoms with van der Waals surface area (Å²) in [5.74, 6) is -0.115. The molecular weight excluding hydrogens is 518 g/mol. The largest absolute Gasteiger partial charge is 0.390 e. The molecule has 13 heteroatoms. The van der Waals surface area contributed by atoms with E-state index >= 15 is 0 Å². The number of hydrogen-bond acceptors (Lipinski definition) is 7. The van der Waals surface area contributed by atoms with Crippen LogP contribution in [0.2, 0.25) is 5.02 Å². The molecule has 0 aliphatic heterocycles. The fraction of sp³-hybridized carbons (Fsp3) is 0.200. The van der Waals surface area contributed by atoms with Crippen LogP contribution in [0.1, 0.15) is 33.1 Å². The lowest BCUT2D eigenvalue weighted by molar-refractivity contribution is -0.389. The molecule has 0 bridgehead atoms. The second-order valence-corrected chi connectivity index (χ2v) is 8.45. The fourth-order valence-electron chi connectivity index (χ4n) is 3.18. The SMILES string of the molecule is Cc1onc(C(=O)Nc2nn(Cc3ccccc3Cl)cc2Br)c1Cn1nc([N+](=O)[O-])cc1C. The number of halogens is 2. The monoisotopic (exact) mass is 533 g/mol. The van der Waals surface area contributed by atoms with E-state index in [9.17, 15) is 14.9 Å². The Bertz CT molecular complexity index is 1360. The first-order valence-electron chi connectivity index (χ1n) is 9.64. The number of nitro groups is 1. The van der Waals surface area contributed by atoms with Gasteiger partial charge in [0.2, 0.25) is 0 Å². The van der Waals surface area contributed by atoms with E-state index in [0.717, 1.165) is 5.56 Å². The Kier molecular flexibility index (Phi) is 6.29. The maximum absolute atomic E-state index is 12.9.